The van der Waals surface area contributed by atoms with Crippen molar-refractivity contribution in [1.29, 1.82) is 0 Å². The van der Waals surface area contributed by atoms with E-state index in [4.69, 9.17) is 0 Å². The molecule has 0 saturated carbocycles. The molecule has 0 aromatic heterocycles. The number of rotatable bonds is 4. The maximum atomic E-state index is 2.27. The zero-order valence-electron chi connectivity index (χ0n) is 20.9. The quantitative estimate of drug-likeness (QED) is 0.295. The van der Waals surface area contributed by atoms with Gasteiger partial charge in [-0.3, -0.25) is 0 Å². The Kier molecular flexibility index (Phi) is 6.20. The summed E-state index contributed by atoms with van der Waals surface area (Å²) in [6, 6.07) is 32.9. The molecule has 2 heteroatoms. The average molecular weight is 456 g/mol. The number of benzene rings is 4. The molecule has 5 rings (SSSR count). The van der Waals surface area contributed by atoms with Crippen LogP contribution in [0.15, 0.2) is 121 Å². The SMILES string of the molecule is CN(C)c1ccc(C(=C2C=CC(=[N+](C)C)C=C2)c2cccc3cccc(-c4ccccc4)c23)cc1. The molecular weight excluding hydrogens is 424 g/mol. The lowest BCUT2D eigenvalue weighted by atomic mass is 9.85. The first-order valence-electron chi connectivity index (χ1n) is 12.0. The molecule has 0 amide bonds. The molecule has 1 aliphatic carbocycles. The van der Waals surface area contributed by atoms with Gasteiger partial charge < -0.3 is 4.90 Å². The minimum atomic E-state index is 1.19. The second-order valence-electron chi connectivity index (χ2n) is 9.33. The topological polar surface area (TPSA) is 6.25 Å². The molecule has 0 N–H and O–H groups in total. The first kappa shape index (κ1) is 22.6. The van der Waals surface area contributed by atoms with Gasteiger partial charge in [0.1, 0.15) is 14.1 Å². The van der Waals surface area contributed by atoms with Gasteiger partial charge in [0.15, 0.2) is 5.71 Å². The highest BCUT2D eigenvalue weighted by Gasteiger charge is 2.17. The van der Waals surface area contributed by atoms with Gasteiger partial charge in [-0.2, -0.15) is 0 Å². The smallest absolute Gasteiger partial charge is 0.199 e. The van der Waals surface area contributed by atoms with E-state index >= 15 is 0 Å². The van der Waals surface area contributed by atoms with Crippen molar-refractivity contribution < 1.29 is 4.58 Å². The van der Waals surface area contributed by atoms with Crippen molar-refractivity contribution in [2.75, 3.05) is 33.1 Å². The standard InChI is InChI=1S/C33H31N2/c1-34(2)28-20-16-26(17-21-28)32(27-18-22-29(23-19-27)35(3)4)31-15-9-13-25-12-8-14-30(33(25)31)24-10-6-5-7-11-24/h5-23H,1-4H3/q+1. The van der Waals surface area contributed by atoms with E-state index in [1.165, 1.54) is 55.6 Å². The van der Waals surface area contributed by atoms with Gasteiger partial charge in [0.25, 0.3) is 0 Å². The lowest BCUT2D eigenvalue weighted by Gasteiger charge is -2.19. The van der Waals surface area contributed by atoms with Gasteiger partial charge in [0.2, 0.25) is 0 Å². The summed E-state index contributed by atoms with van der Waals surface area (Å²) in [4.78, 5) is 2.14. The van der Waals surface area contributed by atoms with E-state index in [1.807, 2.05) is 0 Å². The molecule has 0 atom stereocenters. The summed E-state index contributed by atoms with van der Waals surface area (Å²) in [6.07, 6.45) is 8.89. The number of hydrogen-bond acceptors (Lipinski definition) is 1. The van der Waals surface area contributed by atoms with Crippen LogP contribution in [0.5, 0.6) is 0 Å². The molecule has 4 aromatic rings. The zero-order valence-corrected chi connectivity index (χ0v) is 20.9. The molecule has 0 heterocycles. The van der Waals surface area contributed by atoms with E-state index in [9.17, 15) is 0 Å². The Labute approximate surface area is 208 Å². The highest BCUT2D eigenvalue weighted by molar-refractivity contribution is 6.09. The van der Waals surface area contributed by atoms with Crippen molar-refractivity contribution in [3.8, 4) is 11.1 Å². The molecule has 0 aliphatic heterocycles. The predicted molar refractivity (Wildman–Crippen MR) is 152 cm³/mol. The van der Waals surface area contributed by atoms with Crippen LogP contribution in [0.1, 0.15) is 11.1 Å². The molecule has 35 heavy (non-hydrogen) atoms. The van der Waals surface area contributed by atoms with Crippen molar-refractivity contribution >= 4 is 27.7 Å². The summed E-state index contributed by atoms with van der Waals surface area (Å²) >= 11 is 0. The van der Waals surface area contributed by atoms with Crippen LogP contribution >= 0.6 is 0 Å². The third-order valence-corrected chi connectivity index (χ3v) is 6.60. The lowest BCUT2D eigenvalue weighted by molar-refractivity contribution is -0.462. The molecule has 0 fully saturated rings. The van der Waals surface area contributed by atoms with Gasteiger partial charge in [0, 0.05) is 31.9 Å². The maximum Gasteiger partial charge on any atom is 0.199 e. The van der Waals surface area contributed by atoms with Crippen molar-refractivity contribution in [2.45, 2.75) is 0 Å². The Morgan fingerprint density at radius 1 is 0.657 bits per heavy atom. The molecule has 0 unspecified atom stereocenters. The van der Waals surface area contributed by atoms with Crippen molar-refractivity contribution in [2.24, 2.45) is 0 Å². The monoisotopic (exact) mass is 455 g/mol. The first-order chi connectivity index (χ1) is 17.0. The summed E-state index contributed by atoms with van der Waals surface area (Å²) in [7, 11) is 8.32. The number of hydrogen-bond donors (Lipinski definition) is 0. The molecular formula is C33H31N2+. The summed E-state index contributed by atoms with van der Waals surface area (Å²) < 4.78 is 2.14. The molecule has 0 radical (unpaired) electrons. The first-order valence-corrected chi connectivity index (χ1v) is 12.0. The van der Waals surface area contributed by atoms with Crippen molar-refractivity contribution in [1.82, 2.24) is 0 Å². The van der Waals surface area contributed by atoms with Crippen LogP contribution in [-0.2, 0) is 0 Å². The van der Waals surface area contributed by atoms with Crippen molar-refractivity contribution in [3.63, 3.8) is 0 Å². The van der Waals surface area contributed by atoms with Gasteiger partial charge in [-0.05, 0) is 68.5 Å². The normalized spacial score (nSPS) is 12.8. The van der Waals surface area contributed by atoms with Crippen LogP contribution in [0.3, 0.4) is 0 Å². The molecule has 4 aromatic carbocycles. The predicted octanol–water partition coefficient (Wildman–Crippen LogP) is 7.21. The Bertz CT molecular complexity index is 1470. The van der Waals surface area contributed by atoms with Crippen LogP contribution in [0.2, 0.25) is 0 Å². The van der Waals surface area contributed by atoms with Gasteiger partial charge in [0.05, 0.1) is 0 Å². The van der Waals surface area contributed by atoms with E-state index in [-0.39, 0.29) is 0 Å². The van der Waals surface area contributed by atoms with Gasteiger partial charge in [-0.25, -0.2) is 4.58 Å². The Morgan fingerprint density at radius 3 is 1.94 bits per heavy atom. The maximum absolute atomic E-state index is 2.27. The molecule has 2 nitrogen and oxygen atoms in total. The van der Waals surface area contributed by atoms with Crippen LogP contribution in [-0.4, -0.2) is 38.5 Å². The number of anilines is 1. The molecule has 0 spiro atoms. The van der Waals surface area contributed by atoms with Gasteiger partial charge in [-0.15, -0.1) is 0 Å². The molecule has 0 bridgehead atoms. The van der Waals surface area contributed by atoms with E-state index in [1.54, 1.807) is 0 Å². The van der Waals surface area contributed by atoms with Crippen LogP contribution < -0.4 is 4.90 Å². The van der Waals surface area contributed by atoms with Crippen LogP contribution in [0.25, 0.3) is 27.5 Å². The highest BCUT2D eigenvalue weighted by Crippen LogP contribution is 2.39. The fourth-order valence-electron chi connectivity index (χ4n) is 4.74. The Hall–Kier alpha value is -4.17. The Balaban J connectivity index is 1.81. The van der Waals surface area contributed by atoms with Crippen LogP contribution in [0.4, 0.5) is 5.69 Å². The minimum Gasteiger partial charge on any atom is -0.378 e. The third-order valence-electron chi connectivity index (χ3n) is 6.60. The zero-order chi connectivity index (χ0) is 24.4. The van der Waals surface area contributed by atoms with Crippen LogP contribution in [0, 0.1) is 0 Å². The average Bonchev–Trinajstić information content (AvgIpc) is 2.90. The highest BCUT2D eigenvalue weighted by atomic mass is 15.1. The summed E-state index contributed by atoms with van der Waals surface area (Å²) in [5.74, 6) is 0. The fourth-order valence-corrected chi connectivity index (χ4v) is 4.74. The lowest BCUT2D eigenvalue weighted by Crippen LogP contribution is -2.10. The summed E-state index contributed by atoms with van der Waals surface area (Å²) in [5, 5.41) is 2.53. The van der Waals surface area contributed by atoms with E-state index in [0.29, 0.717) is 0 Å². The molecule has 172 valence electrons. The van der Waals surface area contributed by atoms with Crippen molar-refractivity contribution in [3.05, 3.63) is 132 Å². The van der Waals surface area contributed by atoms with E-state index < -0.39 is 0 Å². The third kappa shape index (κ3) is 4.48. The molecule has 0 saturated heterocycles. The summed E-state index contributed by atoms with van der Waals surface area (Å²) in [5.41, 5.74) is 9.79. The second-order valence-corrected chi connectivity index (χ2v) is 9.33. The van der Waals surface area contributed by atoms with E-state index in [0.717, 1.165) is 0 Å². The molecule has 1 aliphatic rings. The fraction of sp³-hybridized carbons (Fsp3) is 0.121. The van der Waals surface area contributed by atoms with E-state index in [2.05, 4.69) is 153 Å². The number of allylic oxidation sites excluding steroid dienone is 5. The number of nitrogens with zero attached hydrogens (tertiary/aromatic N) is 2. The van der Waals surface area contributed by atoms with Gasteiger partial charge in [-0.1, -0.05) is 78.9 Å². The van der Waals surface area contributed by atoms with Gasteiger partial charge >= 0.3 is 0 Å². The Morgan fingerprint density at radius 2 is 1.31 bits per heavy atom. The second kappa shape index (κ2) is 9.60. The summed E-state index contributed by atoms with van der Waals surface area (Å²) in [6.45, 7) is 0. The number of fused-ring (bicyclic) bond motifs is 1. The largest absolute Gasteiger partial charge is 0.378 e. The minimum absolute atomic E-state index is 1.19.